The van der Waals surface area contributed by atoms with Crippen LogP contribution in [0.2, 0.25) is 0 Å². The maximum atomic E-state index is 13.5. The SMILES string of the molecule is COc1ncnc(OC)c1C(=O)Nc1nc2c(s1)C1(CN1C(=O)C(C)CC(C)=O)Oc1cc(C(F)(F)F)ccc1-2. The van der Waals surface area contributed by atoms with E-state index in [4.69, 9.17) is 14.2 Å². The Labute approximate surface area is 229 Å². The minimum atomic E-state index is -4.63. The van der Waals surface area contributed by atoms with Crippen molar-refractivity contribution in [3.63, 3.8) is 0 Å². The van der Waals surface area contributed by atoms with Crippen molar-refractivity contribution in [1.29, 1.82) is 0 Å². The highest BCUT2D eigenvalue weighted by molar-refractivity contribution is 7.16. The van der Waals surface area contributed by atoms with Crippen molar-refractivity contribution in [3.05, 3.63) is 40.5 Å². The number of carbonyl (C=O) groups excluding carboxylic acids is 3. The zero-order valence-electron chi connectivity index (χ0n) is 21.6. The molecule has 1 spiro atoms. The number of methoxy groups -OCH3 is 2. The summed E-state index contributed by atoms with van der Waals surface area (Å²) in [6.45, 7) is 2.99. The number of fused-ring (bicyclic) bond motifs is 4. The number of aromatic nitrogens is 3. The van der Waals surface area contributed by atoms with Crippen LogP contribution in [-0.4, -0.2) is 58.2 Å². The van der Waals surface area contributed by atoms with Crippen molar-refractivity contribution in [2.75, 3.05) is 26.1 Å². The molecule has 2 aromatic heterocycles. The topological polar surface area (TPSA) is 133 Å². The lowest BCUT2D eigenvalue weighted by Gasteiger charge is -2.27. The zero-order valence-corrected chi connectivity index (χ0v) is 22.4. The van der Waals surface area contributed by atoms with E-state index < -0.39 is 35.2 Å². The van der Waals surface area contributed by atoms with Gasteiger partial charge in [0.15, 0.2) is 10.7 Å². The monoisotopic (exact) mass is 577 g/mol. The van der Waals surface area contributed by atoms with E-state index in [1.165, 1.54) is 32.1 Å². The lowest BCUT2D eigenvalue weighted by atomic mass is 10.0. The third-order valence-corrected chi connectivity index (χ3v) is 7.53. The van der Waals surface area contributed by atoms with Gasteiger partial charge >= 0.3 is 6.18 Å². The Balaban J connectivity index is 1.55. The van der Waals surface area contributed by atoms with Crippen LogP contribution in [-0.2, 0) is 21.5 Å². The highest BCUT2D eigenvalue weighted by Gasteiger charge is 2.64. The normalized spacial score (nSPS) is 17.8. The van der Waals surface area contributed by atoms with E-state index in [1.54, 1.807) is 6.92 Å². The first-order valence-corrected chi connectivity index (χ1v) is 12.7. The average molecular weight is 578 g/mol. The van der Waals surface area contributed by atoms with Gasteiger partial charge in [0.05, 0.1) is 32.0 Å². The van der Waals surface area contributed by atoms with Crippen molar-refractivity contribution in [3.8, 4) is 28.8 Å². The zero-order chi connectivity index (χ0) is 29.0. The van der Waals surface area contributed by atoms with Gasteiger partial charge in [0.1, 0.15) is 22.7 Å². The summed E-state index contributed by atoms with van der Waals surface area (Å²) in [5.41, 5.74) is -1.93. The van der Waals surface area contributed by atoms with E-state index >= 15 is 0 Å². The van der Waals surface area contributed by atoms with Gasteiger partial charge in [0.25, 0.3) is 5.91 Å². The van der Waals surface area contributed by atoms with Crippen molar-refractivity contribution < 1.29 is 41.8 Å². The second kappa shape index (κ2) is 9.73. The summed E-state index contributed by atoms with van der Waals surface area (Å²) < 4.78 is 56.8. The first kappa shape index (κ1) is 27.3. The number of carbonyl (C=O) groups is 3. The second-order valence-electron chi connectivity index (χ2n) is 9.24. The van der Waals surface area contributed by atoms with E-state index in [0.29, 0.717) is 4.88 Å². The van der Waals surface area contributed by atoms with Crippen LogP contribution in [0, 0.1) is 5.92 Å². The molecule has 1 saturated heterocycles. The molecular weight excluding hydrogens is 555 g/mol. The van der Waals surface area contributed by atoms with Crippen LogP contribution in [0.25, 0.3) is 11.3 Å². The average Bonchev–Trinajstić information content (AvgIpc) is 3.44. The number of amides is 2. The van der Waals surface area contributed by atoms with Gasteiger partial charge in [-0.1, -0.05) is 18.3 Å². The molecule has 5 rings (SSSR count). The number of nitrogens with one attached hydrogen (secondary N) is 1. The van der Waals surface area contributed by atoms with Crippen LogP contribution in [0.4, 0.5) is 18.3 Å². The Kier molecular flexibility index (Phi) is 6.64. The van der Waals surface area contributed by atoms with Gasteiger partial charge in [-0.15, -0.1) is 0 Å². The minimum absolute atomic E-state index is 0.000109. The van der Waals surface area contributed by atoms with Gasteiger partial charge in [0.2, 0.25) is 23.4 Å². The third kappa shape index (κ3) is 4.59. The Hall–Kier alpha value is -4.27. The first-order chi connectivity index (χ1) is 18.9. The molecule has 1 fully saturated rings. The summed E-state index contributed by atoms with van der Waals surface area (Å²) in [5.74, 6) is -2.16. The molecule has 1 aromatic carbocycles. The largest absolute Gasteiger partial charge is 0.480 e. The fourth-order valence-electron chi connectivity index (χ4n) is 4.55. The van der Waals surface area contributed by atoms with Gasteiger partial charge in [-0.25, -0.2) is 15.0 Å². The van der Waals surface area contributed by atoms with Gasteiger partial charge in [-0.3, -0.25) is 19.8 Å². The van der Waals surface area contributed by atoms with Crippen LogP contribution in [0.5, 0.6) is 17.5 Å². The number of ketones is 1. The molecular formula is C25H22F3N5O6S. The molecule has 3 aromatic rings. The van der Waals surface area contributed by atoms with E-state index in [2.05, 4.69) is 20.3 Å². The summed E-state index contributed by atoms with van der Waals surface area (Å²) in [5, 5.41) is 2.71. The van der Waals surface area contributed by atoms with Crippen LogP contribution in [0.15, 0.2) is 24.5 Å². The first-order valence-electron chi connectivity index (χ1n) is 11.9. The predicted octanol–water partition coefficient (Wildman–Crippen LogP) is 3.89. The van der Waals surface area contributed by atoms with Crippen LogP contribution >= 0.6 is 11.3 Å². The number of hydrogen-bond acceptors (Lipinski definition) is 10. The van der Waals surface area contributed by atoms with Gasteiger partial charge < -0.3 is 19.0 Å². The Morgan fingerprint density at radius 2 is 1.88 bits per heavy atom. The third-order valence-electron chi connectivity index (χ3n) is 6.42. The fourth-order valence-corrected chi connectivity index (χ4v) is 5.65. The minimum Gasteiger partial charge on any atom is -0.480 e. The number of thiazole rings is 1. The molecule has 2 amide bonds. The van der Waals surface area contributed by atoms with E-state index in [0.717, 1.165) is 29.8 Å². The summed E-state index contributed by atoms with van der Waals surface area (Å²) in [6, 6.07) is 3.00. The maximum Gasteiger partial charge on any atom is 0.416 e. The van der Waals surface area contributed by atoms with Crippen LogP contribution in [0.3, 0.4) is 0 Å². The van der Waals surface area contributed by atoms with Crippen molar-refractivity contribution in [2.45, 2.75) is 32.2 Å². The second-order valence-corrected chi connectivity index (χ2v) is 10.2. The summed E-state index contributed by atoms with van der Waals surface area (Å²) >= 11 is 1.00. The van der Waals surface area contributed by atoms with E-state index in [-0.39, 0.29) is 58.2 Å². The number of hydrogen-bond donors (Lipinski definition) is 1. The molecule has 1 N–H and O–H groups in total. The van der Waals surface area contributed by atoms with Crippen molar-refractivity contribution in [2.24, 2.45) is 5.92 Å². The van der Waals surface area contributed by atoms with Crippen molar-refractivity contribution in [1.82, 2.24) is 19.9 Å². The molecule has 11 nitrogen and oxygen atoms in total. The standard InChI is InChI=1S/C25H22F3N5O6S/c1-11(7-12(2)34)22(36)33-9-24(33)18-17(14-6-5-13(25(26,27)28)8-15(14)39-24)31-23(40-18)32-19(35)16-20(37-3)29-10-30-21(16)38-4/h5-6,8,10-11H,7,9H2,1-4H3,(H,31,32,35). The Morgan fingerprint density at radius 1 is 1.20 bits per heavy atom. The molecule has 2 aliphatic heterocycles. The number of alkyl halides is 3. The van der Waals surface area contributed by atoms with Gasteiger partial charge in [-0.05, 0) is 25.1 Å². The van der Waals surface area contributed by atoms with Gasteiger partial charge in [0, 0.05) is 17.9 Å². The smallest absolute Gasteiger partial charge is 0.416 e. The molecule has 0 bridgehead atoms. The number of benzene rings is 1. The molecule has 2 unspecified atom stereocenters. The van der Waals surface area contributed by atoms with Gasteiger partial charge in [-0.2, -0.15) is 13.2 Å². The Bertz CT molecular complexity index is 1520. The summed E-state index contributed by atoms with van der Waals surface area (Å²) in [6.07, 6.45) is -3.46. The highest BCUT2D eigenvalue weighted by Crippen LogP contribution is 2.57. The number of nitrogens with zero attached hydrogens (tertiary/aromatic N) is 4. The van der Waals surface area contributed by atoms with E-state index in [1.807, 2.05) is 0 Å². The maximum absolute atomic E-state index is 13.5. The molecule has 40 heavy (non-hydrogen) atoms. The molecule has 4 heterocycles. The summed E-state index contributed by atoms with van der Waals surface area (Å²) in [4.78, 5) is 52.0. The quantitative estimate of drug-likeness (QED) is 0.415. The number of rotatable bonds is 7. The predicted molar refractivity (Wildman–Crippen MR) is 134 cm³/mol. The number of ether oxygens (including phenoxy) is 3. The number of Topliss-reactive ketones (excluding diaryl/α,β-unsaturated/α-hetero) is 1. The lowest BCUT2D eigenvalue weighted by Crippen LogP contribution is -2.32. The molecule has 2 atom stereocenters. The molecule has 0 aliphatic carbocycles. The molecule has 0 radical (unpaired) electrons. The highest BCUT2D eigenvalue weighted by atomic mass is 32.1. The molecule has 2 aliphatic rings. The van der Waals surface area contributed by atoms with Crippen LogP contribution < -0.4 is 19.5 Å². The van der Waals surface area contributed by atoms with Crippen LogP contribution in [0.1, 0.15) is 41.1 Å². The number of halogens is 3. The number of anilines is 1. The molecule has 0 saturated carbocycles. The van der Waals surface area contributed by atoms with Crippen molar-refractivity contribution >= 4 is 34.1 Å². The lowest BCUT2D eigenvalue weighted by molar-refractivity contribution is -0.138. The molecule has 210 valence electrons. The summed E-state index contributed by atoms with van der Waals surface area (Å²) in [7, 11) is 2.64. The Morgan fingerprint density at radius 3 is 2.48 bits per heavy atom. The van der Waals surface area contributed by atoms with E-state index in [9.17, 15) is 27.6 Å². The fraction of sp³-hybridized carbons (Fsp3) is 0.360. The molecule has 15 heteroatoms.